The van der Waals surface area contributed by atoms with Crippen LogP contribution in [0.2, 0.25) is 0 Å². The van der Waals surface area contributed by atoms with Gasteiger partial charge in [-0.05, 0) is 55.9 Å². The quantitative estimate of drug-likeness (QED) is 0.855. The average molecular weight is 276 g/mol. The first-order valence-corrected chi connectivity index (χ1v) is 7.68. The zero-order chi connectivity index (χ0) is 13.8. The van der Waals surface area contributed by atoms with Gasteiger partial charge in [0.2, 0.25) is 0 Å². The lowest BCUT2D eigenvalue weighted by molar-refractivity contribution is 0.459. The zero-order valence-corrected chi connectivity index (χ0v) is 12.8. The van der Waals surface area contributed by atoms with E-state index in [1.54, 1.807) is 0 Å². The van der Waals surface area contributed by atoms with Gasteiger partial charge in [-0.1, -0.05) is 25.6 Å². The van der Waals surface area contributed by atoms with Crippen LogP contribution in [0.15, 0.2) is 18.2 Å². The Balaban J connectivity index is 2.13. The van der Waals surface area contributed by atoms with Crippen molar-refractivity contribution in [3.05, 3.63) is 29.3 Å². The average Bonchev–Trinajstić information content (AvgIpc) is 2.63. The minimum Gasteiger partial charge on any atom is -0.389 e. The van der Waals surface area contributed by atoms with E-state index in [4.69, 9.17) is 18.0 Å². The summed E-state index contributed by atoms with van der Waals surface area (Å²) >= 11 is 5.07. The Kier molecular flexibility index (Phi) is 4.81. The Morgan fingerprint density at radius 2 is 2.16 bits per heavy atom. The molecule has 0 spiro atoms. The predicted octanol–water partition coefficient (Wildman–Crippen LogP) is 3.65. The second-order valence-corrected chi connectivity index (χ2v) is 6.00. The van der Waals surface area contributed by atoms with Crippen LogP contribution in [0.4, 0.5) is 5.69 Å². The molecule has 1 aromatic carbocycles. The summed E-state index contributed by atoms with van der Waals surface area (Å²) in [6, 6.07) is 6.45. The third-order valence-electron chi connectivity index (χ3n) is 4.27. The van der Waals surface area contributed by atoms with Gasteiger partial charge in [-0.15, -0.1) is 0 Å². The third kappa shape index (κ3) is 3.47. The molecule has 1 aliphatic heterocycles. The van der Waals surface area contributed by atoms with Crippen LogP contribution in [0, 0.1) is 12.8 Å². The van der Waals surface area contributed by atoms with Gasteiger partial charge in [0.1, 0.15) is 4.99 Å². The van der Waals surface area contributed by atoms with Crippen LogP contribution < -0.4 is 10.6 Å². The summed E-state index contributed by atoms with van der Waals surface area (Å²) < 4.78 is 0. The van der Waals surface area contributed by atoms with E-state index in [1.807, 2.05) is 0 Å². The van der Waals surface area contributed by atoms with Crippen LogP contribution in [0.3, 0.4) is 0 Å². The molecule has 0 aromatic heterocycles. The van der Waals surface area contributed by atoms with Crippen LogP contribution in [-0.2, 0) is 0 Å². The minimum atomic E-state index is 0.492. The number of hydrogen-bond donors (Lipinski definition) is 1. The summed E-state index contributed by atoms with van der Waals surface area (Å²) in [5, 5.41) is 0. The van der Waals surface area contributed by atoms with E-state index in [0.717, 1.165) is 11.5 Å². The highest BCUT2D eigenvalue weighted by Crippen LogP contribution is 2.26. The van der Waals surface area contributed by atoms with Gasteiger partial charge in [-0.2, -0.15) is 0 Å². The lowest BCUT2D eigenvalue weighted by atomic mass is 9.98. The third-order valence-corrected chi connectivity index (χ3v) is 4.49. The second kappa shape index (κ2) is 6.38. The minimum absolute atomic E-state index is 0.492. The lowest BCUT2D eigenvalue weighted by Gasteiger charge is -2.24. The van der Waals surface area contributed by atoms with Crippen molar-refractivity contribution in [3.8, 4) is 0 Å². The fourth-order valence-corrected chi connectivity index (χ4v) is 3.18. The molecule has 0 radical (unpaired) electrons. The second-order valence-electron chi connectivity index (χ2n) is 5.56. The van der Waals surface area contributed by atoms with Crippen molar-refractivity contribution < 1.29 is 0 Å². The summed E-state index contributed by atoms with van der Waals surface area (Å²) in [7, 11) is 0. The molecule has 104 valence electrons. The fraction of sp³-hybridized carbons (Fsp3) is 0.562. The van der Waals surface area contributed by atoms with Crippen molar-refractivity contribution in [1.82, 2.24) is 0 Å². The molecule has 2 nitrogen and oxygen atoms in total. The molecule has 19 heavy (non-hydrogen) atoms. The SMILES string of the molecule is CCC1CCCN(c2ccc(C(N)=S)c(C)c2)CC1. The summed E-state index contributed by atoms with van der Waals surface area (Å²) in [6.07, 6.45) is 5.30. The van der Waals surface area contributed by atoms with Gasteiger partial charge in [-0.25, -0.2) is 0 Å². The maximum atomic E-state index is 5.72. The maximum absolute atomic E-state index is 5.72. The summed E-state index contributed by atoms with van der Waals surface area (Å²) in [6.45, 7) is 6.73. The Morgan fingerprint density at radius 3 is 2.79 bits per heavy atom. The number of benzene rings is 1. The Morgan fingerprint density at radius 1 is 1.37 bits per heavy atom. The molecule has 0 saturated carbocycles. The topological polar surface area (TPSA) is 29.3 Å². The first kappa shape index (κ1) is 14.3. The number of thiocarbonyl (C=S) groups is 1. The highest BCUT2D eigenvalue weighted by molar-refractivity contribution is 7.80. The van der Waals surface area contributed by atoms with Crippen molar-refractivity contribution in [3.63, 3.8) is 0 Å². The molecular formula is C16H24N2S. The maximum Gasteiger partial charge on any atom is 0.104 e. The van der Waals surface area contributed by atoms with Crippen molar-refractivity contribution in [2.45, 2.75) is 39.5 Å². The molecule has 1 aromatic rings. The molecule has 0 aliphatic carbocycles. The highest BCUT2D eigenvalue weighted by Gasteiger charge is 2.16. The number of nitrogens with zero attached hydrogens (tertiary/aromatic N) is 1. The zero-order valence-electron chi connectivity index (χ0n) is 12.0. The van der Waals surface area contributed by atoms with Gasteiger partial charge in [0.05, 0.1) is 0 Å². The number of nitrogens with two attached hydrogens (primary N) is 1. The highest BCUT2D eigenvalue weighted by atomic mass is 32.1. The van der Waals surface area contributed by atoms with E-state index < -0.39 is 0 Å². The van der Waals surface area contributed by atoms with Crippen molar-refractivity contribution in [2.75, 3.05) is 18.0 Å². The smallest absolute Gasteiger partial charge is 0.104 e. The van der Waals surface area contributed by atoms with Gasteiger partial charge < -0.3 is 10.6 Å². The normalized spacial score (nSPS) is 20.1. The molecule has 1 atom stereocenters. The van der Waals surface area contributed by atoms with Gasteiger partial charge in [0.15, 0.2) is 0 Å². The van der Waals surface area contributed by atoms with Crippen molar-refractivity contribution in [2.24, 2.45) is 11.7 Å². The van der Waals surface area contributed by atoms with Crippen LogP contribution in [0.5, 0.6) is 0 Å². The number of anilines is 1. The van der Waals surface area contributed by atoms with E-state index in [9.17, 15) is 0 Å². The summed E-state index contributed by atoms with van der Waals surface area (Å²) in [5.74, 6) is 0.905. The molecular weight excluding hydrogens is 252 g/mol. The first-order valence-electron chi connectivity index (χ1n) is 7.27. The predicted molar refractivity (Wildman–Crippen MR) is 86.9 cm³/mol. The summed E-state index contributed by atoms with van der Waals surface area (Å²) in [5.41, 5.74) is 9.22. The van der Waals surface area contributed by atoms with E-state index in [1.165, 1.54) is 50.0 Å². The molecule has 1 saturated heterocycles. The number of rotatable bonds is 3. The van der Waals surface area contributed by atoms with Gasteiger partial charge in [-0.3, -0.25) is 0 Å². The van der Waals surface area contributed by atoms with E-state index in [2.05, 4.69) is 36.9 Å². The monoisotopic (exact) mass is 276 g/mol. The van der Waals surface area contributed by atoms with Crippen molar-refractivity contribution >= 4 is 22.9 Å². The molecule has 3 heteroatoms. The van der Waals surface area contributed by atoms with Crippen molar-refractivity contribution in [1.29, 1.82) is 0 Å². The number of aryl methyl sites for hydroxylation is 1. The van der Waals surface area contributed by atoms with Gasteiger partial charge in [0, 0.05) is 24.3 Å². The Labute approximate surface area is 122 Å². The Bertz CT molecular complexity index is 456. The molecule has 1 heterocycles. The molecule has 0 amide bonds. The number of hydrogen-bond acceptors (Lipinski definition) is 2. The molecule has 2 rings (SSSR count). The molecule has 0 bridgehead atoms. The molecule has 2 N–H and O–H groups in total. The van der Waals surface area contributed by atoms with Gasteiger partial charge in [0.25, 0.3) is 0 Å². The molecule has 1 fully saturated rings. The summed E-state index contributed by atoms with van der Waals surface area (Å²) in [4.78, 5) is 3.00. The van der Waals surface area contributed by atoms with Crippen LogP contribution >= 0.6 is 12.2 Å². The Hall–Kier alpha value is -1.09. The standard InChI is InChI=1S/C16H24N2S/c1-3-13-5-4-9-18(10-8-13)14-6-7-15(16(17)19)12(2)11-14/h6-7,11,13H,3-5,8-10H2,1-2H3,(H2,17,19). The van der Waals surface area contributed by atoms with Crippen LogP contribution in [-0.4, -0.2) is 18.1 Å². The lowest BCUT2D eigenvalue weighted by Crippen LogP contribution is -2.24. The van der Waals surface area contributed by atoms with Crippen LogP contribution in [0.25, 0.3) is 0 Å². The largest absolute Gasteiger partial charge is 0.389 e. The van der Waals surface area contributed by atoms with Crippen LogP contribution in [0.1, 0.15) is 43.7 Å². The van der Waals surface area contributed by atoms with E-state index in [0.29, 0.717) is 4.99 Å². The van der Waals surface area contributed by atoms with E-state index in [-0.39, 0.29) is 0 Å². The first-order chi connectivity index (χ1) is 9.11. The van der Waals surface area contributed by atoms with Gasteiger partial charge >= 0.3 is 0 Å². The molecule has 1 aliphatic rings. The van der Waals surface area contributed by atoms with E-state index >= 15 is 0 Å². The fourth-order valence-electron chi connectivity index (χ4n) is 2.95. The molecule has 1 unspecified atom stereocenters.